The van der Waals surface area contributed by atoms with Crippen molar-refractivity contribution in [2.75, 3.05) is 25.2 Å². The van der Waals surface area contributed by atoms with Crippen LogP contribution in [0.1, 0.15) is 50.0 Å². The number of ether oxygens (including phenoxy) is 2. The minimum absolute atomic E-state index is 0.167. The second-order valence-electron chi connectivity index (χ2n) is 5.60. The fourth-order valence-electron chi connectivity index (χ4n) is 1.99. The normalized spacial score (nSPS) is 11.8. The first-order chi connectivity index (χ1) is 11.5. The zero-order chi connectivity index (χ0) is 17.9. The lowest BCUT2D eigenvalue weighted by atomic mass is 10.1. The van der Waals surface area contributed by atoms with E-state index in [0.29, 0.717) is 24.7 Å². The Morgan fingerprint density at radius 2 is 2.12 bits per heavy atom. The molecule has 1 rings (SSSR count). The highest BCUT2D eigenvalue weighted by molar-refractivity contribution is 7.99. The standard InChI is InChI=1S/C17H26N2O4S/c1-4-5-6-12(2)11-23-15(20)9-10-24-14-8-7-13(17(21)22-3)19-16(14)18/h7-8,12H,4-6,9-11H2,1-3H3,(H2,18,19). The topological polar surface area (TPSA) is 91.5 Å². The summed E-state index contributed by atoms with van der Waals surface area (Å²) in [6, 6.07) is 3.26. The van der Waals surface area contributed by atoms with Gasteiger partial charge in [-0.25, -0.2) is 9.78 Å². The van der Waals surface area contributed by atoms with E-state index in [9.17, 15) is 9.59 Å². The minimum Gasteiger partial charge on any atom is -0.465 e. The number of methoxy groups -OCH3 is 1. The summed E-state index contributed by atoms with van der Waals surface area (Å²) in [4.78, 5) is 27.8. The molecule has 0 amide bonds. The van der Waals surface area contributed by atoms with E-state index in [2.05, 4.69) is 23.6 Å². The van der Waals surface area contributed by atoms with Crippen LogP contribution in [0.15, 0.2) is 17.0 Å². The third-order valence-corrected chi connectivity index (χ3v) is 4.49. The zero-order valence-corrected chi connectivity index (χ0v) is 15.4. The van der Waals surface area contributed by atoms with Crippen molar-refractivity contribution in [2.45, 2.75) is 44.4 Å². The van der Waals surface area contributed by atoms with Crippen molar-refractivity contribution in [2.24, 2.45) is 5.92 Å². The Morgan fingerprint density at radius 1 is 1.38 bits per heavy atom. The predicted molar refractivity (Wildman–Crippen MR) is 95.0 cm³/mol. The number of pyridine rings is 1. The highest BCUT2D eigenvalue weighted by Crippen LogP contribution is 2.24. The van der Waals surface area contributed by atoms with Crippen molar-refractivity contribution >= 4 is 29.5 Å². The number of carbonyl (C=O) groups is 2. The number of anilines is 1. The van der Waals surface area contributed by atoms with Crippen LogP contribution in [0.25, 0.3) is 0 Å². The van der Waals surface area contributed by atoms with Gasteiger partial charge in [-0.3, -0.25) is 4.79 Å². The van der Waals surface area contributed by atoms with E-state index < -0.39 is 5.97 Å². The summed E-state index contributed by atoms with van der Waals surface area (Å²) in [6.07, 6.45) is 3.69. The molecule has 1 aromatic rings. The van der Waals surface area contributed by atoms with Crippen LogP contribution in [0.3, 0.4) is 0 Å². The van der Waals surface area contributed by atoms with E-state index in [1.807, 2.05) is 0 Å². The predicted octanol–water partition coefficient (Wildman–Crippen LogP) is 3.30. The van der Waals surface area contributed by atoms with Crippen LogP contribution in [-0.2, 0) is 14.3 Å². The smallest absolute Gasteiger partial charge is 0.356 e. The van der Waals surface area contributed by atoms with Gasteiger partial charge in [0.2, 0.25) is 0 Å². The number of nitrogens with zero attached hydrogens (tertiary/aromatic N) is 1. The molecule has 0 aliphatic heterocycles. The Hall–Kier alpha value is -1.76. The monoisotopic (exact) mass is 354 g/mol. The maximum atomic E-state index is 11.7. The Morgan fingerprint density at radius 3 is 2.75 bits per heavy atom. The molecule has 0 aliphatic carbocycles. The van der Waals surface area contributed by atoms with Crippen LogP contribution in [-0.4, -0.2) is 36.4 Å². The van der Waals surface area contributed by atoms with Gasteiger partial charge in [0.1, 0.15) is 5.82 Å². The average Bonchev–Trinajstić information content (AvgIpc) is 2.58. The first-order valence-corrected chi connectivity index (χ1v) is 9.09. The Bertz CT molecular complexity index is 551. The number of hydrogen-bond donors (Lipinski definition) is 1. The summed E-state index contributed by atoms with van der Waals surface area (Å²) < 4.78 is 9.86. The Labute approximate surface area is 147 Å². The van der Waals surface area contributed by atoms with Crippen LogP contribution in [0.2, 0.25) is 0 Å². The SMILES string of the molecule is CCCCC(C)COC(=O)CCSc1ccc(C(=O)OC)nc1N. The Balaban J connectivity index is 2.34. The molecule has 2 N–H and O–H groups in total. The van der Waals surface area contributed by atoms with Gasteiger partial charge in [-0.2, -0.15) is 0 Å². The second-order valence-corrected chi connectivity index (χ2v) is 6.74. The summed E-state index contributed by atoms with van der Waals surface area (Å²) in [5.41, 5.74) is 5.99. The van der Waals surface area contributed by atoms with Crippen LogP contribution in [0.4, 0.5) is 5.82 Å². The van der Waals surface area contributed by atoms with Crippen LogP contribution in [0.5, 0.6) is 0 Å². The molecule has 0 radical (unpaired) electrons. The summed E-state index contributed by atoms with van der Waals surface area (Å²) in [5.74, 6) is 0.463. The third kappa shape index (κ3) is 7.21. The van der Waals surface area contributed by atoms with Crippen LogP contribution in [0, 0.1) is 5.92 Å². The number of carbonyl (C=O) groups excluding carboxylic acids is 2. The van der Waals surface area contributed by atoms with E-state index in [4.69, 9.17) is 10.5 Å². The summed E-state index contributed by atoms with van der Waals surface area (Å²) in [7, 11) is 1.29. The van der Waals surface area contributed by atoms with Crippen molar-refractivity contribution in [1.82, 2.24) is 4.98 Å². The van der Waals surface area contributed by atoms with E-state index in [1.165, 1.54) is 18.9 Å². The first kappa shape index (κ1) is 20.3. The molecule has 0 spiro atoms. The first-order valence-electron chi connectivity index (χ1n) is 8.11. The Kier molecular flexibility index (Phi) is 9.22. The van der Waals surface area contributed by atoms with Crippen molar-refractivity contribution < 1.29 is 19.1 Å². The van der Waals surface area contributed by atoms with Gasteiger partial charge in [0.05, 0.1) is 20.1 Å². The fourth-order valence-corrected chi connectivity index (χ4v) is 2.84. The largest absolute Gasteiger partial charge is 0.465 e. The lowest BCUT2D eigenvalue weighted by molar-refractivity contribution is -0.144. The van der Waals surface area contributed by atoms with Crippen molar-refractivity contribution in [1.29, 1.82) is 0 Å². The summed E-state index contributed by atoms with van der Waals surface area (Å²) >= 11 is 1.41. The van der Waals surface area contributed by atoms with Gasteiger partial charge in [-0.15, -0.1) is 11.8 Å². The molecule has 6 nitrogen and oxygen atoms in total. The molecule has 134 valence electrons. The number of unbranched alkanes of at least 4 members (excludes halogenated alkanes) is 1. The average molecular weight is 354 g/mol. The summed E-state index contributed by atoms with van der Waals surface area (Å²) in [5, 5.41) is 0. The molecule has 0 saturated carbocycles. The van der Waals surface area contributed by atoms with Crippen molar-refractivity contribution in [3.63, 3.8) is 0 Å². The fraction of sp³-hybridized carbons (Fsp3) is 0.588. The van der Waals surface area contributed by atoms with Gasteiger partial charge in [0, 0.05) is 10.6 Å². The van der Waals surface area contributed by atoms with Gasteiger partial charge >= 0.3 is 11.9 Å². The van der Waals surface area contributed by atoms with E-state index >= 15 is 0 Å². The van der Waals surface area contributed by atoms with Gasteiger partial charge in [0.15, 0.2) is 5.69 Å². The lowest BCUT2D eigenvalue weighted by Gasteiger charge is -2.11. The molecule has 0 saturated heterocycles. The number of thioether (sulfide) groups is 1. The molecule has 1 atom stereocenters. The molecule has 24 heavy (non-hydrogen) atoms. The van der Waals surface area contributed by atoms with Crippen LogP contribution >= 0.6 is 11.8 Å². The second kappa shape index (κ2) is 10.9. The highest BCUT2D eigenvalue weighted by atomic mass is 32.2. The molecular formula is C17H26N2O4S. The quantitative estimate of drug-likeness (QED) is 0.509. The molecule has 0 aromatic carbocycles. The highest BCUT2D eigenvalue weighted by Gasteiger charge is 2.12. The van der Waals surface area contributed by atoms with Gasteiger partial charge < -0.3 is 15.2 Å². The number of aromatic nitrogens is 1. The lowest BCUT2D eigenvalue weighted by Crippen LogP contribution is -2.12. The maximum Gasteiger partial charge on any atom is 0.356 e. The van der Waals surface area contributed by atoms with E-state index in [0.717, 1.165) is 24.2 Å². The third-order valence-electron chi connectivity index (χ3n) is 3.42. The van der Waals surface area contributed by atoms with E-state index in [1.54, 1.807) is 12.1 Å². The minimum atomic E-state index is -0.529. The number of hydrogen-bond acceptors (Lipinski definition) is 7. The molecule has 0 aliphatic rings. The molecule has 0 bridgehead atoms. The van der Waals surface area contributed by atoms with Gasteiger partial charge in [0.25, 0.3) is 0 Å². The zero-order valence-electron chi connectivity index (χ0n) is 14.5. The van der Waals surface area contributed by atoms with Crippen molar-refractivity contribution in [3.8, 4) is 0 Å². The number of nitrogen functional groups attached to an aromatic ring is 1. The molecule has 0 fully saturated rings. The van der Waals surface area contributed by atoms with E-state index in [-0.39, 0.29) is 17.5 Å². The number of rotatable bonds is 10. The molecular weight excluding hydrogens is 328 g/mol. The maximum absolute atomic E-state index is 11.7. The van der Waals surface area contributed by atoms with Crippen molar-refractivity contribution in [3.05, 3.63) is 17.8 Å². The molecule has 7 heteroatoms. The molecule has 1 heterocycles. The van der Waals surface area contributed by atoms with Gasteiger partial charge in [-0.1, -0.05) is 26.7 Å². The molecule has 1 unspecified atom stereocenters. The number of esters is 2. The van der Waals surface area contributed by atoms with Gasteiger partial charge in [-0.05, 0) is 24.5 Å². The number of nitrogens with two attached hydrogens (primary N) is 1. The summed E-state index contributed by atoms with van der Waals surface area (Å²) in [6.45, 7) is 4.71. The van der Waals surface area contributed by atoms with Crippen LogP contribution < -0.4 is 5.73 Å². The molecule has 1 aromatic heterocycles.